The van der Waals surface area contributed by atoms with E-state index in [0.717, 1.165) is 17.3 Å². The zero-order valence-electron chi connectivity index (χ0n) is 8.49. The predicted molar refractivity (Wildman–Crippen MR) is 55.7 cm³/mol. The lowest BCUT2D eigenvalue weighted by Gasteiger charge is -2.12. The van der Waals surface area contributed by atoms with Crippen molar-refractivity contribution in [3.63, 3.8) is 0 Å². The molecule has 1 aromatic rings. The maximum Gasteiger partial charge on any atom is 0.333 e. The van der Waals surface area contributed by atoms with E-state index in [0.29, 0.717) is 5.88 Å². The molecule has 0 bridgehead atoms. The molecule has 0 radical (unpaired) electrons. The van der Waals surface area contributed by atoms with E-state index in [4.69, 9.17) is 9.47 Å². The number of hydrogen-bond donors (Lipinski definition) is 0. The molecular weight excluding hydrogens is 264 g/mol. The van der Waals surface area contributed by atoms with Crippen molar-refractivity contribution in [3.8, 4) is 5.88 Å². The van der Waals surface area contributed by atoms with Gasteiger partial charge in [0.1, 0.15) is 0 Å². The summed E-state index contributed by atoms with van der Waals surface area (Å²) in [7, 11) is 2.92. The van der Waals surface area contributed by atoms with Crippen LogP contribution in [0.1, 0.15) is 12.8 Å². The van der Waals surface area contributed by atoms with Gasteiger partial charge in [0, 0.05) is 6.20 Å². The highest BCUT2D eigenvalue weighted by molar-refractivity contribution is 9.10. The lowest BCUT2D eigenvalue weighted by Crippen LogP contribution is -2.29. The molecule has 6 heteroatoms. The SMILES string of the molecule is COC(=O)C1(n2cc(Br)c(OC)n2)CC1. The number of esters is 1. The van der Waals surface area contributed by atoms with Crippen molar-refractivity contribution < 1.29 is 14.3 Å². The minimum Gasteiger partial charge on any atom is -0.479 e. The third-order valence-electron chi connectivity index (χ3n) is 2.56. The zero-order valence-corrected chi connectivity index (χ0v) is 10.1. The summed E-state index contributed by atoms with van der Waals surface area (Å²) >= 11 is 3.31. The Bertz CT molecular complexity index is 398. The summed E-state index contributed by atoms with van der Waals surface area (Å²) in [5.74, 6) is 0.227. The molecule has 82 valence electrons. The lowest BCUT2D eigenvalue weighted by molar-refractivity contribution is -0.146. The highest BCUT2D eigenvalue weighted by atomic mass is 79.9. The van der Waals surface area contributed by atoms with Crippen LogP contribution in [0, 0.1) is 0 Å². The highest BCUT2D eigenvalue weighted by Gasteiger charge is 2.54. The van der Waals surface area contributed by atoms with Crippen molar-refractivity contribution in [1.29, 1.82) is 0 Å². The Balaban J connectivity index is 2.33. The highest BCUT2D eigenvalue weighted by Crippen LogP contribution is 2.45. The van der Waals surface area contributed by atoms with Gasteiger partial charge in [-0.2, -0.15) is 0 Å². The molecular formula is C9H11BrN2O3. The molecule has 1 fully saturated rings. The average molecular weight is 275 g/mol. The third-order valence-corrected chi connectivity index (χ3v) is 3.10. The van der Waals surface area contributed by atoms with Crippen LogP contribution in [0.15, 0.2) is 10.7 Å². The van der Waals surface area contributed by atoms with Crippen LogP contribution in [-0.2, 0) is 15.1 Å². The second-order valence-electron chi connectivity index (χ2n) is 3.45. The average Bonchev–Trinajstić information content (AvgIpc) is 2.97. The van der Waals surface area contributed by atoms with E-state index in [1.807, 2.05) is 0 Å². The minimum absolute atomic E-state index is 0.250. The van der Waals surface area contributed by atoms with E-state index in [9.17, 15) is 4.79 Å². The first-order valence-corrected chi connectivity index (χ1v) is 5.31. The van der Waals surface area contributed by atoms with E-state index in [2.05, 4.69) is 21.0 Å². The largest absolute Gasteiger partial charge is 0.479 e. The summed E-state index contributed by atoms with van der Waals surface area (Å²) in [5, 5.41) is 4.18. The Morgan fingerprint density at radius 1 is 1.60 bits per heavy atom. The van der Waals surface area contributed by atoms with E-state index in [-0.39, 0.29) is 5.97 Å². The van der Waals surface area contributed by atoms with Crippen LogP contribution in [0.3, 0.4) is 0 Å². The summed E-state index contributed by atoms with van der Waals surface area (Å²) in [6.45, 7) is 0. The molecule has 0 atom stereocenters. The first kappa shape index (κ1) is 10.5. The van der Waals surface area contributed by atoms with Crippen molar-refractivity contribution >= 4 is 21.9 Å². The van der Waals surface area contributed by atoms with Crippen LogP contribution in [0.2, 0.25) is 0 Å². The fourth-order valence-corrected chi connectivity index (χ4v) is 1.96. The van der Waals surface area contributed by atoms with Crippen molar-refractivity contribution in [2.75, 3.05) is 14.2 Å². The topological polar surface area (TPSA) is 53.4 Å². The Labute approximate surface area is 95.5 Å². The number of halogens is 1. The van der Waals surface area contributed by atoms with Gasteiger partial charge in [0.2, 0.25) is 5.88 Å². The number of rotatable bonds is 3. The Morgan fingerprint density at radius 2 is 2.27 bits per heavy atom. The quantitative estimate of drug-likeness (QED) is 0.781. The van der Waals surface area contributed by atoms with Crippen LogP contribution in [0.5, 0.6) is 5.88 Å². The van der Waals surface area contributed by atoms with Crippen molar-refractivity contribution in [2.45, 2.75) is 18.4 Å². The van der Waals surface area contributed by atoms with Crippen LogP contribution in [0.25, 0.3) is 0 Å². The maximum absolute atomic E-state index is 11.6. The van der Waals surface area contributed by atoms with Crippen molar-refractivity contribution in [1.82, 2.24) is 9.78 Å². The Morgan fingerprint density at radius 3 is 2.67 bits per heavy atom. The van der Waals surface area contributed by atoms with Crippen LogP contribution >= 0.6 is 15.9 Å². The summed E-state index contributed by atoms with van der Waals surface area (Å²) in [5.41, 5.74) is -0.603. The first-order valence-electron chi connectivity index (χ1n) is 4.52. The first-order chi connectivity index (χ1) is 7.14. The van der Waals surface area contributed by atoms with Gasteiger partial charge in [-0.15, -0.1) is 5.10 Å². The lowest BCUT2D eigenvalue weighted by atomic mass is 10.3. The molecule has 0 amide bonds. The number of hydrogen-bond acceptors (Lipinski definition) is 4. The normalized spacial score (nSPS) is 17.3. The van der Waals surface area contributed by atoms with Gasteiger partial charge in [-0.3, -0.25) is 4.68 Å². The third kappa shape index (κ3) is 1.52. The van der Waals surface area contributed by atoms with E-state index >= 15 is 0 Å². The van der Waals surface area contributed by atoms with E-state index in [1.54, 1.807) is 10.9 Å². The number of carbonyl (C=O) groups excluding carboxylic acids is 1. The second kappa shape index (κ2) is 3.52. The molecule has 1 aliphatic carbocycles. The van der Waals surface area contributed by atoms with Gasteiger partial charge in [-0.1, -0.05) is 0 Å². The summed E-state index contributed by atoms with van der Waals surface area (Å²) in [6, 6.07) is 0. The number of carbonyl (C=O) groups is 1. The van der Waals surface area contributed by atoms with Gasteiger partial charge in [-0.25, -0.2) is 4.79 Å². The van der Waals surface area contributed by atoms with E-state index in [1.165, 1.54) is 14.2 Å². The molecule has 0 N–H and O–H groups in total. The maximum atomic E-state index is 11.6. The molecule has 0 aliphatic heterocycles. The molecule has 2 rings (SSSR count). The molecule has 5 nitrogen and oxygen atoms in total. The fraction of sp³-hybridized carbons (Fsp3) is 0.556. The molecule has 0 spiro atoms. The molecule has 0 saturated heterocycles. The van der Waals surface area contributed by atoms with Gasteiger partial charge in [-0.05, 0) is 28.8 Å². The van der Waals surface area contributed by atoms with Gasteiger partial charge in [0.15, 0.2) is 5.54 Å². The summed E-state index contributed by atoms with van der Waals surface area (Å²) < 4.78 is 12.1. The number of aromatic nitrogens is 2. The van der Waals surface area contributed by atoms with Gasteiger partial charge < -0.3 is 9.47 Å². The van der Waals surface area contributed by atoms with Crippen LogP contribution in [0.4, 0.5) is 0 Å². The summed E-state index contributed by atoms with van der Waals surface area (Å²) in [6.07, 6.45) is 3.26. The van der Waals surface area contributed by atoms with Gasteiger partial charge in [0.05, 0.1) is 18.7 Å². The number of nitrogens with zero attached hydrogens (tertiary/aromatic N) is 2. The van der Waals surface area contributed by atoms with Crippen molar-refractivity contribution in [2.24, 2.45) is 0 Å². The van der Waals surface area contributed by atoms with Crippen molar-refractivity contribution in [3.05, 3.63) is 10.7 Å². The second-order valence-corrected chi connectivity index (χ2v) is 4.31. The Hall–Kier alpha value is -1.04. The molecule has 0 unspecified atom stereocenters. The standard InChI is InChI=1S/C9H11BrN2O3/c1-14-7-6(10)5-12(11-7)9(3-4-9)8(13)15-2/h5H,3-4H2,1-2H3. The Kier molecular flexibility index (Phi) is 2.46. The smallest absolute Gasteiger partial charge is 0.333 e. The number of ether oxygens (including phenoxy) is 2. The zero-order chi connectivity index (χ0) is 11.1. The monoisotopic (exact) mass is 274 g/mol. The number of methoxy groups -OCH3 is 2. The molecule has 15 heavy (non-hydrogen) atoms. The molecule has 1 aliphatic rings. The van der Waals surface area contributed by atoms with Crippen LogP contribution < -0.4 is 4.74 Å². The molecule has 1 aromatic heterocycles. The van der Waals surface area contributed by atoms with E-state index < -0.39 is 5.54 Å². The fourth-order valence-electron chi connectivity index (χ4n) is 1.53. The molecule has 1 saturated carbocycles. The summed E-state index contributed by atoms with van der Waals surface area (Å²) in [4.78, 5) is 11.6. The van der Waals surface area contributed by atoms with Gasteiger partial charge in [0.25, 0.3) is 0 Å². The molecule has 0 aromatic carbocycles. The molecule has 1 heterocycles. The predicted octanol–water partition coefficient (Wildman–Crippen LogP) is 1.32. The minimum atomic E-state index is -0.603. The van der Waals surface area contributed by atoms with Gasteiger partial charge >= 0.3 is 5.97 Å². The van der Waals surface area contributed by atoms with Crippen LogP contribution in [-0.4, -0.2) is 30.0 Å².